The summed E-state index contributed by atoms with van der Waals surface area (Å²) >= 11 is 0. The van der Waals surface area contributed by atoms with Gasteiger partial charge in [-0.1, -0.05) is 32.0 Å². The van der Waals surface area contributed by atoms with E-state index in [0.29, 0.717) is 17.8 Å². The number of hydrogen-bond acceptors (Lipinski definition) is 4. The lowest BCUT2D eigenvalue weighted by Gasteiger charge is -2.31. The van der Waals surface area contributed by atoms with Gasteiger partial charge < -0.3 is 10.2 Å². The van der Waals surface area contributed by atoms with E-state index in [1.807, 2.05) is 33.8 Å². The molecule has 0 saturated carbocycles. The minimum atomic E-state index is -3.79. The summed E-state index contributed by atoms with van der Waals surface area (Å²) in [7, 11) is -3.79. The summed E-state index contributed by atoms with van der Waals surface area (Å²) in [4.78, 5) is 27.6. The number of sulfonamides is 1. The third-order valence-corrected chi connectivity index (χ3v) is 6.43. The van der Waals surface area contributed by atoms with Crippen molar-refractivity contribution in [3.05, 3.63) is 65.0 Å². The van der Waals surface area contributed by atoms with Crippen LogP contribution in [0.25, 0.3) is 0 Å². The van der Waals surface area contributed by atoms with Crippen LogP contribution in [0.2, 0.25) is 0 Å². The van der Waals surface area contributed by atoms with E-state index in [2.05, 4.69) is 5.32 Å². The highest BCUT2D eigenvalue weighted by molar-refractivity contribution is 7.92. The lowest BCUT2D eigenvalue weighted by atomic mass is 10.1. The second-order valence-corrected chi connectivity index (χ2v) is 11.0. The van der Waals surface area contributed by atoms with Gasteiger partial charge in [-0.15, -0.1) is 0 Å². The van der Waals surface area contributed by atoms with Gasteiger partial charge in [-0.2, -0.15) is 0 Å². The SMILES string of the molecule is Cc1cc(C)cc(N(CC(=O)N(Cc2ccc(F)cc2)[C@@H](C)C(=O)NCC(C)C)S(C)(=O)=O)c1. The fourth-order valence-electron chi connectivity index (χ4n) is 3.53. The number of amides is 2. The van der Waals surface area contributed by atoms with Gasteiger partial charge >= 0.3 is 0 Å². The first kappa shape index (κ1) is 27.3. The molecule has 0 spiro atoms. The van der Waals surface area contributed by atoms with Gasteiger partial charge in [0.05, 0.1) is 11.9 Å². The van der Waals surface area contributed by atoms with E-state index in [1.165, 1.54) is 29.2 Å². The van der Waals surface area contributed by atoms with Crippen molar-refractivity contribution in [2.75, 3.05) is 23.7 Å². The van der Waals surface area contributed by atoms with Crippen molar-refractivity contribution >= 4 is 27.5 Å². The molecule has 0 aliphatic carbocycles. The molecule has 0 fully saturated rings. The van der Waals surface area contributed by atoms with Crippen molar-refractivity contribution in [1.29, 1.82) is 0 Å². The smallest absolute Gasteiger partial charge is 0.244 e. The molecule has 1 N–H and O–H groups in total. The maximum absolute atomic E-state index is 13.5. The average Bonchev–Trinajstić information content (AvgIpc) is 2.73. The van der Waals surface area contributed by atoms with E-state index in [1.54, 1.807) is 19.1 Å². The van der Waals surface area contributed by atoms with Crippen molar-refractivity contribution in [3.63, 3.8) is 0 Å². The molecule has 2 amide bonds. The molecule has 0 aliphatic heterocycles. The Morgan fingerprint density at radius 1 is 1.00 bits per heavy atom. The highest BCUT2D eigenvalue weighted by Gasteiger charge is 2.30. The maximum atomic E-state index is 13.5. The second kappa shape index (κ2) is 11.5. The fourth-order valence-corrected chi connectivity index (χ4v) is 4.36. The van der Waals surface area contributed by atoms with Crippen molar-refractivity contribution in [2.24, 2.45) is 5.92 Å². The van der Waals surface area contributed by atoms with E-state index in [0.717, 1.165) is 21.7 Å². The van der Waals surface area contributed by atoms with Crippen molar-refractivity contribution < 1.29 is 22.4 Å². The van der Waals surface area contributed by atoms with Crippen LogP contribution in [0, 0.1) is 25.6 Å². The summed E-state index contributed by atoms with van der Waals surface area (Å²) in [6.45, 7) is 9.21. The van der Waals surface area contributed by atoms with Crippen LogP contribution in [0.15, 0.2) is 42.5 Å². The molecule has 34 heavy (non-hydrogen) atoms. The number of anilines is 1. The van der Waals surface area contributed by atoms with Crippen LogP contribution in [0.4, 0.5) is 10.1 Å². The quantitative estimate of drug-likeness (QED) is 0.552. The van der Waals surface area contributed by atoms with Crippen molar-refractivity contribution in [1.82, 2.24) is 10.2 Å². The molecule has 0 unspecified atom stereocenters. The van der Waals surface area contributed by atoms with Crippen molar-refractivity contribution in [3.8, 4) is 0 Å². The van der Waals surface area contributed by atoms with Gasteiger partial charge in [-0.05, 0) is 67.6 Å². The normalized spacial score (nSPS) is 12.4. The first-order valence-corrected chi connectivity index (χ1v) is 13.0. The number of halogens is 1. The highest BCUT2D eigenvalue weighted by atomic mass is 32.2. The highest BCUT2D eigenvalue weighted by Crippen LogP contribution is 2.22. The summed E-state index contributed by atoms with van der Waals surface area (Å²) in [6.07, 6.45) is 1.04. The minimum Gasteiger partial charge on any atom is -0.354 e. The van der Waals surface area contributed by atoms with Crippen LogP contribution in [-0.4, -0.2) is 50.5 Å². The van der Waals surface area contributed by atoms with Gasteiger partial charge in [-0.25, -0.2) is 12.8 Å². The van der Waals surface area contributed by atoms with Gasteiger partial charge in [0.2, 0.25) is 21.8 Å². The van der Waals surface area contributed by atoms with Crippen LogP contribution < -0.4 is 9.62 Å². The van der Waals surface area contributed by atoms with Crippen LogP contribution in [0.5, 0.6) is 0 Å². The number of benzene rings is 2. The molecule has 0 heterocycles. The zero-order valence-electron chi connectivity index (χ0n) is 20.6. The Morgan fingerprint density at radius 3 is 2.06 bits per heavy atom. The Kier molecular flexibility index (Phi) is 9.21. The molecule has 1 atom stereocenters. The lowest BCUT2D eigenvalue weighted by molar-refractivity contribution is -0.139. The molecular formula is C25H34FN3O4S. The van der Waals surface area contributed by atoms with Crippen LogP contribution in [0.3, 0.4) is 0 Å². The van der Waals surface area contributed by atoms with E-state index in [-0.39, 0.29) is 18.4 Å². The Hall–Kier alpha value is -2.94. The van der Waals surface area contributed by atoms with Gasteiger partial charge in [0.25, 0.3) is 0 Å². The molecule has 0 aliphatic rings. The lowest BCUT2D eigenvalue weighted by Crippen LogP contribution is -2.51. The number of aryl methyl sites for hydroxylation is 2. The number of carbonyl (C=O) groups is 2. The van der Waals surface area contributed by atoms with Crippen LogP contribution in [-0.2, 0) is 26.2 Å². The van der Waals surface area contributed by atoms with E-state index >= 15 is 0 Å². The summed E-state index contributed by atoms with van der Waals surface area (Å²) in [5.74, 6) is -1.08. The number of carbonyl (C=O) groups excluding carboxylic acids is 2. The predicted molar refractivity (Wildman–Crippen MR) is 132 cm³/mol. The Bertz CT molecular complexity index is 1100. The zero-order valence-corrected chi connectivity index (χ0v) is 21.4. The largest absolute Gasteiger partial charge is 0.354 e. The maximum Gasteiger partial charge on any atom is 0.244 e. The molecular weight excluding hydrogens is 457 g/mol. The second-order valence-electron chi connectivity index (χ2n) is 9.08. The average molecular weight is 492 g/mol. The van der Waals surface area contributed by atoms with Gasteiger partial charge in [0.15, 0.2) is 0 Å². The molecule has 9 heteroatoms. The van der Waals surface area contributed by atoms with Gasteiger partial charge in [0.1, 0.15) is 18.4 Å². The first-order valence-electron chi connectivity index (χ1n) is 11.2. The summed E-state index contributed by atoms with van der Waals surface area (Å²) in [5, 5.41) is 2.82. The molecule has 186 valence electrons. The van der Waals surface area contributed by atoms with Gasteiger partial charge in [-0.3, -0.25) is 13.9 Å². The molecule has 0 saturated heterocycles. The summed E-state index contributed by atoms with van der Waals surface area (Å²) < 4.78 is 39.7. The number of nitrogens with zero attached hydrogens (tertiary/aromatic N) is 2. The van der Waals surface area contributed by atoms with Crippen molar-refractivity contribution in [2.45, 2.75) is 47.2 Å². The summed E-state index contributed by atoms with van der Waals surface area (Å²) in [5.41, 5.74) is 2.73. The van der Waals surface area contributed by atoms with E-state index in [4.69, 9.17) is 0 Å². The van der Waals surface area contributed by atoms with E-state index in [9.17, 15) is 22.4 Å². The monoisotopic (exact) mass is 491 g/mol. The van der Waals surface area contributed by atoms with Crippen LogP contribution in [0.1, 0.15) is 37.5 Å². The third kappa shape index (κ3) is 7.83. The topological polar surface area (TPSA) is 86.8 Å². The molecule has 0 bridgehead atoms. The molecule has 7 nitrogen and oxygen atoms in total. The minimum absolute atomic E-state index is 0.0276. The summed E-state index contributed by atoms with van der Waals surface area (Å²) in [6, 6.07) is 10.1. The number of hydrogen-bond donors (Lipinski definition) is 1. The standard InChI is InChI=1S/C25H34FN3O4S/c1-17(2)14-27-25(31)20(5)28(15-21-7-9-22(26)10-8-21)24(30)16-29(34(6,32)33)23-12-18(3)11-19(4)13-23/h7-13,17,20H,14-16H2,1-6H3,(H,27,31)/t20-/m0/s1. The number of nitrogens with one attached hydrogen (secondary N) is 1. The molecule has 2 aromatic carbocycles. The van der Waals surface area contributed by atoms with Crippen LogP contribution >= 0.6 is 0 Å². The molecule has 0 aromatic heterocycles. The zero-order chi connectivity index (χ0) is 25.6. The Balaban J connectivity index is 2.39. The molecule has 2 aromatic rings. The molecule has 2 rings (SSSR count). The first-order chi connectivity index (χ1) is 15.8. The third-order valence-electron chi connectivity index (χ3n) is 5.29. The Labute approximate surface area is 202 Å². The fraction of sp³-hybridized carbons (Fsp3) is 0.440. The predicted octanol–water partition coefficient (Wildman–Crippen LogP) is 3.40. The van der Waals surface area contributed by atoms with E-state index < -0.39 is 34.3 Å². The number of rotatable bonds is 10. The molecule has 0 radical (unpaired) electrons. The Morgan fingerprint density at radius 2 is 1.56 bits per heavy atom. The van der Waals surface area contributed by atoms with Gasteiger partial charge in [0, 0.05) is 13.1 Å².